The van der Waals surface area contributed by atoms with Gasteiger partial charge >= 0.3 is 6.09 Å². The summed E-state index contributed by atoms with van der Waals surface area (Å²) in [4.78, 5) is 11.6. The number of nitrogens with zero attached hydrogens (tertiary/aromatic N) is 1. The van der Waals surface area contributed by atoms with Crippen LogP contribution in [0.5, 0.6) is 0 Å². The zero-order chi connectivity index (χ0) is 8.69. The summed E-state index contributed by atoms with van der Waals surface area (Å²) in [6.45, 7) is 6.09. The maximum Gasteiger partial charge on any atom is 0.407 e. The van der Waals surface area contributed by atoms with Crippen molar-refractivity contribution in [1.82, 2.24) is 4.90 Å². The van der Waals surface area contributed by atoms with E-state index in [-0.39, 0.29) is 0 Å². The minimum Gasteiger partial charge on any atom is -0.465 e. The van der Waals surface area contributed by atoms with E-state index in [1.165, 1.54) is 4.90 Å². The van der Waals surface area contributed by atoms with Gasteiger partial charge in [-0.1, -0.05) is 13.8 Å². The van der Waals surface area contributed by atoms with Crippen LogP contribution in [0.2, 0.25) is 0 Å². The number of amides is 1. The molecule has 1 heterocycles. The molecule has 0 aromatic rings. The Morgan fingerprint density at radius 1 is 1.36 bits per heavy atom. The van der Waals surface area contributed by atoms with Gasteiger partial charge < -0.3 is 14.7 Å². The Labute approximate surface area is 66.8 Å². The molecule has 0 aromatic heterocycles. The number of hydrogen-bond donors (Lipinski definition) is 1. The van der Waals surface area contributed by atoms with Gasteiger partial charge in [0.05, 0.1) is 13.2 Å². The molecule has 1 fully saturated rings. The minimum atomic E-state index is -0.849. The molecule has 0 aromatic carbocycles. The Morgan fingerprint density at radius 3 is 2.09 bits per heavy atom. The van der Waals surface area contributed by atoms with Crippen LogP contribution in [-0.2, 0) is 4.74 Å². The summed E-state index contributed by atoms with van der Waals surface area (Å²) < 4.78 is 4.94. The summed E-state index contributed by atoms with van der Waals surface area (Å²) in [6, 6.07) is 0. The maximum atomic E-state index is 10.2. The molecule has 11 heavy (non-hydrogen) atoms. The van der Waals surface area contributed by atoms with Crippen molar-refractivity contribution in [2.24, 2.45) is 0 Å². The average molecular weight is 161 g/mol. The van der Waals surface area contributed by atoms with Crippen LogP contribution >= 0.6 is 0 Å². The zero-order valence-electron chi connectivity index (χ0n) is 7.04. The molecule has 1 rings (SSSR count). The number of hydrogen-bond acceptors (Lipinski definition) is 2. The van der Waals surface area contributed by atoms with Crippen molar-refractivity contribution >= 4 is 6.09 Å². The molecule has 0 bridgehead atoms. The first-order valence-electron chi connectivity index (χ1n) is 3.86. The van der Waals surface area contributed by atoms with Crippen molar-refractivity contribution in [3.8, 4) is 0 Å². The van der Waals surface area contributed by atoms with Gasteiger partial charge in [-0.25, -0.2) is 4.79 Å². The number of rotatable bonds is 0. The minimum absolute atomic E-state index is 0.509. The summed E-state index contributed by atoms with van der Waals surface area (Å²) in [5.41, 5.74) is 0. The van der Waals surface area contributed by atoms with Crippen molar-refractivity contribution in [2.75, 3.05) is 26.3 Å². The fourth-order valence-corrected chi connectivity index (χ4v) is 0.755. The van der Waals surface area contributed by atoms with Gasteiger partial charge in [0.1, 0.15) is 0 Å². The van der Waals surface area contributed by atoms with Crippen molar-refractivity contribution in [3.05, 3.63) is 0 Å². The predicted octanol–water partition coefficient (Wildman–Crippen LogP) is 1.02. The summed E-state index contributed by atoms with van der Waals surface area (Å²) in [6.07, 6.45) is -0.849. The molecule has 1 aliphatic heterocycles. The Morgan fingerprint density at radius 2 is 1.82 bits per heavy atom. The summed E-state index contributed by atoms with van der Waals surface area (Å²) in [7, 11) is 0. The fraction of sp³-hybridized carbons (Fsp3) is 0.857. The summed E-state index contributed by atoms with van der Waals surface area (Å²) in [5, 5.41) is 8.41. The van der Waals surface area contributed by atoms with Gasteiger partial charge in [-0.3, -0.25) is 0 Å². The summed E-state index contributed by atoms with van der Waals surface area (Å²) >= 11 is 0. The van der Waals surface area contributed by atoms with E-state index in [4.69, 9.17) is 9.84 Å². The highest BCUT2D eigenvalue weighted by molar-refractivity contribution is 5.64. The molecule has 1 aliphatic rings. The second kappa shape index (κ2) is 5.97. The van der Waals surface area contributed by atoms with E-state index in [1.54, 1.807) is 0 Å². The first-order chi connectivity index (χ1) is 5.30. The Hall–Kier alpha value is -0.770. The lowest BCUT2D eigenvalue weighted by atomic mass is 10.5. The standard InChI is InChI=1S/C5H9NO3.C2H6/c7-5(8)6-1-3-9-4-2-6;1-2/h1-4H2,(H,7,8);1-2H3. The molecule has 1 amide bonds. The van der Waals surface area contributed by atoms with E-state index >= 15 is 0 Å². The normalized spacial score (nSPS) is 16.7. The molecule has 0 radical (unpaired) electrons. The van der Waals surface area contributed by atoms with Crippen LogP contribution in [0.15, 0.2) is 0 Å². The highest BCUT2D eigenvalue weighted by Crippen LogP contribution is 1.95. The van der Waals surface area contributed by atoms with E-state index < -0.39 is 6.09 Å². The predicted molar refractivity (Wildman–Crippen MR) is 41.8 cm³/mol. The lowest BCUT2D eigenvalue weighted by Gasteiger charge is -2.23. The first kappa shape index (κ1) is 10.2. The second-order valence-electron chi connectivity index (χ2n) is 1.88. The number of ether oxygens (including phenoxy) is 1. The largest absolute Gasteiger partial charge is 0.465 e. The van der Waals surface area contributed by atoms with E-state index in [1.807, 2.05) is 13.8 Å². The Bertz CT molecular complexity index is 110. The van der Waals surface area contributed by atoms with E-state index in [2.05, 4.69) is 0 Å². The third-order valence-electron chi connectivity index (χ3n) is 1.28. The average Bonchev–Trinajstić information content (AvgIpc) is 2.10. The molecule has 0 aliphatic carbocycles. The molecule has 0 spiro atoms. The van der Waals surface area contributed by atoms with Crippen LogP contribution in [0.25, 0.3) is 0 Å². The van der Waals surface area contributed by atoms with Gasteiger partial charge in [-0.05, 0) is 0 Å². The van der Waals surface area contributed by atoms with Crippen LogP contribution in [0, 0.1) is 0 Å². The van der Waals surface area contributed by atoms with Crippen LogP contribution in [-0.4, -0.2) is 42.4 Å². The van der Waals surface area contributed by atoms with Crippen molar-refractivity contribution in [2.45, 2.75) is 13.8 Å². The lowest BCUT2D eigenvalue weighted by Crippen LogP contribution is -2.39. The van der Waals surface area contributed by atoms with Gasteiger partial charge in [-0.2, -0.15) is 0 Å². The molecule has 4 nitrogen and oxygen atoms in total. The van der Waals surface area contributed by atoms with E-state index in [9.17, 15) is 4.79 Å². The highest BCUT2D eigenvalue weighted by atomic mass is 16.5. The fourth-order valence-electron chi connectivity index (χ4n) is 0.755. The maximum absolute atomic E-state index is 10.2. The molecule has 4 heteroatoms. The number of carbonyl (C=O) groups is 1. The molecule has 0 unspecified atom stereocenters. The van der Waals surface area contributed by atoms with Crippen molar-refractivity contribution < 1.29 is 14.6 Å². The van der Waals surface area contributed by atoms with E-state index in [0.717, 1.165) is 0 Å². The SMILES string of the molecule is CC.O=C(O)N1CCOCC1. The van der Waals surface area contributed by atoms with Gasteiger partial charge in [0, 0.05) is 13.1 Å². The van der Waals surface area contributed by atoms with Crippen molar-refractivity contribution in [3.63, 3.8) is 0 Å². The van der Waals surface area contributed by atoms with Crippen molar-refractivity contribution in [1.29, 1.82) is 0 Å². The second-order valence-corrected chi connectivity index (χ2v) is 1.88. The molecule has 66 valence electrons. The number of carboxylic acid groups (broad SMARTS) is 1. The van der Waals surface area contributed by atoms with Gasteiger partial charge in [0.2, 0.25) is 0 Å². The van der Waals surface area contributed by atoms with Gasteiger partial charge in [0.15, 0.2) is 0 Å². The van der Waals surface area contributed by atoms with Crippen LogP contribution in [0.3, 0.4) is 0 Å². The molecular weight excluding hydrogens is 146 g/mol. The third-order valence-corrected chi connectivity index (χ3v) is 1.28. The smallest absolute Gasteiger partial charge is 0.407 e. The molecule has 0 atom stereocenters. The molecule has 1 saturated heterocycles. The van der Waals surface area contributed by atoms with Crippen LogP contribution < -0.4 is 0 Å². The lowest BCUT2D eigenvalue weighted by molar-refractivity contribution is 0.0392. The monoisotopic (exact) mass is 161 g/mol. The third kappa shape index (κ3) is 3.83. The summed E-state index contributed by atoms with van der Waals surface area (Å²) in [5.74, 6) is 0. The van der Waals surface area contributed by atoms with E-state index in [0.29, 0.717) is 26.3 Å². The molecule has 1 N–H and O–H groups in total. The van der Waals surface area contributed by atoms with Gasteiger partial charge in [-0.15, -0.1) is 0 Å². The topological polar surface area (TPSA) is 49.8 Å². The zero-order valence-corrected chi connectivity index (χ0v) is 7.04. The molecule has 0 saturated carbocycles. The quantitative estimate of drug-likeness (QED) is 0.577. The number of morpholine rings is 1. The Balaban J connectivity index is 0.000000461. The molecular formula is C7H15NO3. The Kier molecular flexibility index (Phi) is 5.56. The van der Waals surface area contributed by atoms with Crippen LogP contribution in [0.4, 0.5) is 4.79 Å². The highest BCUT2D eigenvalue weighted by Gasteiger charge is 2.13. The van der Waals surface area contributed by atoms with Gasteiger partial charge in [0.25, 0.3) is 0 Å². The van der Waals surface area contributed by atoms with Crippen LogP contribution in [0.1, 0.15) is 13.8 Å². The first-order valence-corrected chi connectivity index (χ1v) is 3.86.